The molecule has 0 spiro atoms. The Morgan fingerprint density at radius 3 is 2.84 bits per heavy atom. The van der Waals surface area contributed by atoms with Gasteiger partial charge < -0.3 is 10.6 Å². The van der Waals surface area contributed by atoms with Gasteiger partial charge in [-0.1, -0.05) is 25.1 Å². The Morgan fingerprint density at radius 2 is 2.16 bits per heavy atom. The Labute approximate surface area is 118 Å². The predicted octanol–water partition coefficient (Wildman–Crippen LogP) is 2.03. The molecule has 1 unspecified atom stereocenters. The normalized spacial score (nSPS) is 12.2. The van der Waals surface area contributed by atoms with Gasteiger partial charge in [-0.05, 0) is 18.7 Å². The molecular weight excluding hydrogens is 263 g/mol. The van der Waals surface area contributed by atoms with E-state index < -0.39 is 0 Å². The van der Waals surface area contributed by atoms with Crippen molar-refractivity contribution in [3.8, 4) is 0 Å². The second-order valence-electron chi connectivity index (χ2n) is 4.39. The number of carbonyl (C=O) groups excluding carboxylic acids is 1. The van der Waals surface area contributed by atoms with Crippen molar-refractivity contribution in [1.29, 1.82) is 0 Å². The molecule has 19 heavy (non-hydrogen) atoms. The minimum atomic E-state index is -0.165. The van der Waals surface area contributed by atoms with Crippen molar-refractivity contribution in [3.63, 3.8) is 0 Å². The average Bonchev–Trinajstić information content (AvgIpc) is 2.40. The van der Waals surface area contributed by atoms with Crippen LogP contribution < -0.4 is 10.6 Å². The van der Waals surface area contributed by atoms with Crippen LogP contribution in [0.15, 0.2) is 24.3 Å². The second-order valence-corrected chi connectivity index (χ2v) is 5.50. The molecule has 1 atom stereocenters. The van der Waals surface area contributed by atoms with Crippen molar-refractivity contribution in [2.24, 2.45) is 5.92 Å². The Bertz CT molecular complexity index is 401. The number of halogens is 1. The maximum absolute atomic E-state index is 13.3. The number of benzene rings is 1. The number of carbonyl (C=O) groups is 1. The lowest BCUT2D eigenvalue weighted by Gasteiger charge is -2.11. The van der Waals surface area contributed by atoms with Crippen molar-refractivity contribution in [2.45, 2.75) is 12.7 Å². The van der Waals surface area contributed by atoms with E-state index in [4.69, 9.17) is 0 Å². The van der Waals surface area contributed by atoms with Crippen LogP contribution in [0.1, 0.15) is 12.5 Å². The van der Waals surface area contributed by atoms with Gasteiger partial charge in [0.15, 0.2) is 0 Å². The fourth-order valence-electron chi connectivity index (χ4n) is 1.62. The third kappa shape index (κ3) is 6.07. The van der Waals surface area contributed by atoms with E-state index in [1.54, 1.807) is 23.9 Å². The van der Waals surface area contributed by atoms with E-state index >= 15 is 0 Å². The molecule has 0 saturated carbocycles. The van der Waals surface area contributed by atoms with Gasteiger partial charge in [0.2, 0.25) is 5.91 Å². The number of hydrogen-bond donors (Lipinski definition) is 2. The van der Waals surface area contributed by atoms with Crippen LogP contribution in [0.3, 0.4) is 0 Å². The fourth-order valence-corrected chi connectivity index (χ4v) is 2.46. The van der Waals surface area contributed by atoms with Gasteiger partial charge >= 0.3 is 0 Å². The lowest BCUT2D eigenvalue weighted by Crippen LogP contribution is -2.35. The molecule has 1 amide bonds. The molecule has 0 aliphatic heterocycles. The zero-order chi connectivity index (χ0) is 14.1. The molecule has 1 aromatic carbocycles. The molecule has 1 aromatic rings. The molecule has 0 aromatic heterocycles. The zero-order valence-corrected chi connectivity index (χ0v) is 12.2. The number of amides is 1. The summed E-state index contributed by atoms with van der Waals surface area (Å²) in [5.74, 6) is 1.28. The summed E-state index contributed by atoms with van der Waals surface area (Å²) in [5.41, 5.74) is 0.711. The summed E-state index contributed by atoms with van der Waals surface area (Å²) in [4.78, 5) is 11.6. The van der Waals surface area contributed by atoms with E-state index in [2.05, 4.69) is 10.6 Å². The summed E-state index contributed by atoms with van der Waals surface area (Å²) in [5, 5.41) is 5.84. The third-order valence-corrected chi connectivity index (χ3v) is 3.73. The fraction of sp³-hybridized carbons (Fsp3) is 0.500. The van der Waals surface area contributed by atoms with Crippen molar-refractivity contribution in [1.82, 2.24) is 10.6 Å². The highest BCUT2D eigenvalue weighted by Crippen LogP contribution is 2.14. The van der Waals surface area contributed by atoms with Gasteiger partial charge in [-0.3, -0.25) is 4.79 Å². The maximum Gasteiger partial charge on any atom is 0.224 e. The predicted molar refractivity (Wildman–Crippen MR) is 78.7 cm³/mol. The highest BCUT2D eigenvalue weighted by molar-refractivity contribution is 7.98. The van der Waals surface area contributed by atoms with Crippen LogP contribution in [0.5, 0.6) is 0 Å². The zero-order valence-electron chi connectivity index (χ0n) is 11.4. The van der Waals surface area contributed by atoms with E-state index in [9.17, 15) is 9.18 Å². The summed E-state index contributed by atoms with van der Waals surface area (Å²) >= 11 is 1.62. The molecule has 3 nitrogen and oxygen atoms in total. The smallest absolute Gasteiger partial charge is 0.224 e. The van der Waals surface area contributed by atoms with Gasteiger partial charge in [0.25, 0.3) is 0 Å². The molecule has 0 bridgehead atoms. The van der Waals surface area contributed by atoms with Crippen molar-refractivity contribution in [2.75, 3.05) is 25.9 Å². The van der Waals surface area contributed by atoms with E-state index in [0.717, 1.165) is 5.75 Å². The van der Waals surface area contributed by atoms with Crippen molar-refractivity contribution < 1.29 is 9.18 Å². The van der Waals surface area contributed by atoms with Crippen LogP contribution in [0.25, 0.3) is 0 Å². The van der Waals surface area contributed by atoms with E-state index in [1.807, 2.05) is 20.0 Å². The van der Waals surface area contributed by atoms with Crippen molar-refractivity contribution >= 4 is 17.7 Å². The number of nitrogens with one attached hydrogen (secondary N) is 2. The highest BCUT2D eigenvalue weighted by Gasteiger charge is 2.10. The summed E-state index contributed by atoms with van der Waals surface area (Å²) in [6, 6.07) is 6.78. The number of hydrogen-bond acceptors (Lipinski definition) is 3. The Morgan fingerprint density at radius 1 is 1.42 bits per heavy atom. The summed E-state index contributed by atoms with van der Waals surface area (Å²) in [7, 11) is 1.83. The lowest BCUT2D eigenvalue weighted by atomic mass is 10.1. The lowest BCUT2D eigenvalue weighted by molar-refractivity contribution is -0.124. The first kappa shape index (κ1) is 16.0. The minimum Gasteiger partial charge on any atom is -0.355 e. The molecule has 0 radical (unpaired) electrons. The van der Waals surface area contributed by atoms with E-state index in [-0.39, 0.29) is 17.6 Å². The molecule has 0 fully saturated rings. The molecule has 0 heterocycles. The van der Waals surface area contributed by atoms with Gasteiger partial charge in [0.1, 0.15) is 5.82 Å². The Balaban J connectivity index is 2.15. The van der Waals surface area contributed by atoms with E-state index in [1.165, 1.54) is 6.07 Å². The third-order valence-electron chi connectivity index (χ3n) is 2.72. The molecule has 2 N–H and O–H groups in total. The summed E-state index contributed by atoms with van der Waals surface area (Å²) in [6.07, 6.45) is 0. The molecule has 1 rings (SSSR count). The number of thioether (sulfide) groups is 1. The largest absolute Gasteiger partial charge is 0.355 e. The van der Waals surface area contributed by atoms with Gasteiger partial charge in [-0.15, -0.1) is 0 Å². The molecule has 5 heteroatoms. The van der Waals surface area contributed by atoms with Crippen LogP contribution in [-0.2, 0) is 10.5 Å². The molecular formula is C14H21FN2OS. The molecule has 0 saturated heterocycles. The Kier molecular flexibility index (Phi) is 7.52. The van der Waals surface area contributed by atoms with Crippen LogP contribution >= 0.6 is 11.8 Å². The minimum absolute atomic E-state index is 0.0263. The highest BCUT2D eigenvalue weighted by atomic mass is 32.2. The Hall–Kier alpha value is -1.07. The molecule has 106 valence electrons. The van der Waals surface area contributed by atoms with Crippen molar-refractivity contribution in [3.05, 3.63) is 35.6 Å². The maximum atomic E-state index is 13.3. The van der Waals surface area contributed by atoms with Crippen LogP contribution in [0.4, 0.5) is 4.39 Å². The van der Waals surface area contributed by atoms with E-state index in [0.29, 0.717) is 24.4 Å². The average molecular weight is 284 g/mol. The quantitative estimate of drug-likeness (QED) is 0.718. The van der Waals surface area contributed by atoms with Gasteiger partial charge in [-0.25, -0.2) is 4.39 Å². The SMILES string of the molecule is CNCC(C)C(=O)NCCSCc1ccccc1F. The topological polar surface area (TPSA) is 41.1 Å². The number of rotatable bonds is 8. The first-order valence-electron chi connectivity index (χ1n) is 6.38. The molecule has 0 aliphatic carbocycles. The monoisotopic (exact) mass is 284 g/mol. The first-order chi connectivity index (χ1) is 9.15. The standard InChI is InChI=1S/C14H21FN2OS/c1-11(9-16-2)14(18)17-7-8-19-10-12-5-3-4-6-13(12)15/h3-6,11,16H,7-10H2,1-2H3,(H,17,18). The van der Waals surface area contributed by atoms with Crippen LogP contribution in [0.2, 0.25) is 0 Å². The first-order valence-corrected chi connectivity index (χ1v) is 7.54. The summed E-state index contributed by atoms with van der Waals surface area (Å²) in [6.45, 7) is 3.18. The van der Waals surface area contributed by atoms with Gasteiger partial charge in [0, 0.05) is 30.5 Å². The van der Waals surface area contributed by atoms with Crippen LogP contribution in [0, 0.1) is 11.7 Å². The van der Waals surface area contributed by atoms with Crippen LogP contribution in [-0.4, -0.2) is 31.8 Å². The second kappa shape index (κ2) is 8.93. The van der Waals surface area contributed by atoms with Gasteiger partial charge in [-0.2, -0.15) is 11.8 Å². The molecule has 0 aliphatic rings. The summed E-state index contributed by atoms with van der Waals surface area (Å²) < 4.78 is 13.3. The van der Waals surface area contributed by atoms with Gasteiger partial charge in [0.05, 0.1) is 0 Å².